The topological polar surface area (TPSA) is 93.7 Å². The normalized spacial score (nSPS) is 24.8. The van der Waals surface area contributed by atoms with Crippen molar-refractivity contribution >= 4 is 16.3 Å². The molecule has 2 N–H and O–H groups in total. The number of ether oxygens (including phenoxy) is 2. The molecule has 1 saturated heterocycles. The maximum atomic E-state index is 11.7. The lowest BCUT2D eigenvalue weighted by molar-refractivity contribution is 0.0134. The Hall–Kier alpha value is -0.860. The van der Waals surface area contributed by atoms with Crippen LogP contribution in [0.1, 0.15) is 40.5 Å². The minimum atomic E-state index is -3.92. The number of carbonyl (C=O) groups excluding carboxylic acids is 1. The molecule has 1 aliphatic heterocycles. The lowest BCUT2D eigenvalue weighted by Gasteiger charge is -2.27. The van der Waals surface area contributed by atoms with E-state index in [-0.39, 0.29) is 12.1 Å². The van der Waals surface area contributed by atoms with E-state index in [1.165, 1.54) is 0 Å². The zero-order chi connectivity index (χ0) is 14.7. The van der Waals surface area contributed by atoms with E-state index in [0.717, 1.165) is 6.42 Å². The van der Waals surface area contributed by atoms with Gasteiger partial charge in [0.1, 0.15) is 5.60 Å². The molecule has 0 aromatic carbocycles. The molecule has 19 heavy (non-hydrogen) atoms. The molecular formula is C11H22N2O5S. The molecule has 8 heteroatoms. The van der Waals surface area contributed by atoms with E-state index in [4.69, 9.17) is 9.47 Å². The van der Waals surface area contributed by atoms with Crippen molar-refractivity contribution in [1.82, 2.24) is 9.44 Å². The number of rotatable bonds is 3. The minimum Gasteiger partial charge on any atom is -0.443 e. The lowest BCUT2D eigenvalue weighted by atomic mass is 10.1. The van der Waals surface area contributed by atoms with E-state index in [9.17, 15) is 13.2 Å². The first-order valence-electron chi connectivity index (χ1n) is 6.22. The molecular weight excluding hydrogens is 272 g/mol. The summed E-state index contributed by atoms with van der Waals surface area (Å²) >= 11 is 0. The van der Waals surface area contributed by atoms with E-state index < -0.39 is 21.9 Å². The largest absolute Gasteiger partial charge is 0.443 e. The van der Waals surface area contributed by atoms with Crippen molar-refractivity contribution in [2.24, 2.45) is 0 Å². The van der Waals surface area contributed by atoms with Crippen molar-refractivity contribution < 1.29 is 22.7 Å². The Morgan fingerprint density at radius 1 is 1.32 bits per heavy atom. The molecule has 112 valence electrons. The second-order valence-electron chi connectivity index (χ2n) is 5.64. The van der Waals surface area contributed by atoms with E-state index >= 15 is 0 Å². The molecule has 0 radical (unpaired) electrons. The van der Waals surface area contributed by atoms with Gasteiger partial charge in [-0.25, -0.2) is 9.52 Å². The van der Waals surface area contributed by atoms with Crippen LogP contribution < -0.4 is 9.44 Å². The highest BCUT2D eigenvalue weighted by atomic mass is 32.2. The summed E-state index contributed by atoms with van der Waals surface area (Å²) in [5.41, 5.74) is -0.747. The summed E-state index contributed by atoms with van der Waals surface area (Å²) in [6.45, 7) is 7.20. The number of nitrogens with one attached hydrogen (secondary N) is 2. The predicted octanol–water partition coefficient (Wildman–Crippen LogP) is 0.913. The average molecular weight is 294 g/mol. The zero-order valence-corrected chi connectivity index (χ0v) is 12.5. The number of hydrogen-bond donors (Lipinski definition) is 2. The Balaban J connectivity index is 2.46. The summed E-state index contributed by atoms with van der Waals surface area (Å²) < 4.78 is 37.8. The van der Waals surface area contributed by atoms with Crippen LogP contribution in [0.25, 0.3) is 0 Å². The SMILES string of the molecule is C[C@H]1CC[C@@H](NS(=O)(=O)NC(=O)OC(C)(C)C)CO1. The molecule has 2 atom stereocenters. The molecule has 0 spiro atoms. The third kappa shape index (κ3) is 6.74. The van der Waals surface area contributed by atoms with Gasteiger partial charge in [0, 0.05) is 6.04 Å². The molecule has 1 aliphatic rings. The van der Waals surface area contributed by atoms with Crippen molar-refractivity contribution in [3.63, 3.8) is 0 Å². The maximum Gasteiger partial charge on any atom is 0.422 e. The maximum absolute atomic E-state index is 11.7. The highest BCUT2D eigenvalue weighted by molar-refractivity contribution is 7.88. The van der Waals surface area contributed by atoms with Gasteiger partial charge in [-0.3, -0.25) is 0 Å². The van der Waals surface area contributed by atoms with Gasteiger partial charge in [0.25, 0.3) is 0 Å². The van der Waals surface area contributed by atoms with Crippen LogP contribution in [-0.4, -0.2) is 38.9 Å². The summed E-state index contributed by atoms with van der Waals surface area (Å²) in [5, 5.41) is 0. The van der Waals surface area contributed by atoms with Crippen LogP contribution in [0.2, 0.25) is 0 Å². The summed E-state index contributed by atoms with van der Waals surface area (Å²) in [5.74, 6) is 0. The van der Waals surface area contributed by atoms with Gasteiger partial charge >= 0.3 is 16.3 Å². The summed E-state index contributed by atoms with van der Waals surface area (Å²) in [6, 6.07) is -0.323. The summed E-state index contributed by atoms with van der Waals surface area (Å²) in [6.07, 6.45) is 0.598. The third-order valence-electron chi connectivity index (χ3n) is 2.44. The van der Waals surface area contributed by atoms with Crippen molar-refractivity contribution in [1.29, 1.82) is 0 Å². The van der Waals surface area contributed by atoms with Gasteiger partial charge in [0.05, 0.1) is 12.7 Å². The molecule has 1 rings (SSSR count). The molecule has 1 heterocycles. The third-order valence-corrected chi connectivity index (χ3v) is 3.52. The minimum absolute atomic E-state index is 0.138. The van der Waals surface area contributed by atoms with Gasteiger partial charge in [-0.05, 0) is 40.5 Å². The van der Waals surface area contributed by atoms with Gasteiger partial charge in [0.2, 0.25) is 0 Å². The van der Waals surface area contributed by atoms with Crippen LogP contribution in [0.4, 0.5) is 4.79 Å². The van der Waals surface area contributed by atoms with Crippen LogP contribution in [0.5, 0.6) is 0 Å². The molecule has 0 aromatic heterocycles. The van der Waals surface area contributed by atoms with Gasteiger partial charge in [-0.1, -0.05) is 0 Å². The second kappa shape index (κ2) is 6.06. The summed E-state index contributed by atoms with van der Waals surface area (Å²) in [7, 11) is -3.92. The molecule has 1 fully saturated rings. The van der Waals surface area contributed by atoms with E-state index in [1.54, 1.807) is 20.8 Å². The fraction of sp³-hybridized carbons (Fsp3) is 0.909. The van der Waals surface area contributed by atoms with Crippen LogP contribution >= 0.6 is 0 Å². The van der Waals surface area contributed by atoms with E-state index in [2.05, 4.69) is 4.72 Å². The van der Waals surface area contributed by atoms with Gasteiger partial charge in [0.15, 0.2) is 0 Å². The Kier molecular flexibility index (Phi) is 5.17. The quantitative estimate of drug-likeness (QED) is 0.807. The fourth-order valence-electron chi connectivity index (χ4n) is 1.63. The fourth-order valence-corrected chi connectivity index (χ4v) is 2.58. The highest BCUT2D eigenvalue weighted by Crippen LogP contribution is 2.13. The van der Waals surface area contributed by atoms with Crippen molar-refractivity contribution in [3.05, 3.63) is 0 Å². The van der Waals surface area contributed by atoms with E-state index in [1.807, 2.05) is 11.6 Å². The number of carbonyl (C=O) groups is 1. The van der Waals surface area contributed by atoms with Crippen molar-refractivity contribution in [3.8, 4) is 0 Å². The first-order valence-corrected chi connectivity index (χ1v) is 7.70. The predicted molar refractivity (Wildman–Crippen MR) is 69.9 cm³/mol. The lowest BCUT2D eigenvalue weighted by Crippen LogP contribution is -2.49. The smallest absolute Gasteiger partial charge is 0.422 e. The van der Waals surface area contributed by atoms with Crippen molar-refractivity contribution in [2.45, 2.75) is 58.3 Å². The Morgan fingerprint density at radius 2 is 1.95 bits per heavy atom. The number of hydrogen-bond acceptors (Lipinski definition) is 5. The molecule has 0 aromatic rings. The van der Waals surface area contributed by atoms with Crippen LogP contribution in [0.15, 0.2) is 0 Å². The second-order valence-corrected chi connectivity index (χ2v) is 7.09. The average Bonchev–Trinajstić information content (AvgIpc) is 2.17. The van der Waals surface area contributed by atoms with Crippen molar-refractivity contribution in [2.75, 3.05) is 6.61 Å². The molecule has 0 bridgehead atoms. The molecule has 7 nitrogen and oxygen atoms in total. The Bertz CT molecular complexity index is 407. The van der Waals surface area contributed by atoms with E-state index in [0.29, 0.717) is 13.0 Å². The first kappa shape index (κ1) is 16.2. The zero-order valence-electron chi connectivity index (χ0n) is 11.7. The molecule has 0 saturated carbocycles. The van der Waals surface area contributed by atoms with Gasteiger partial charge in [-0.2, -0.15) is 13.1 Å². The van der Waals surface area contributed by atoms with Crippen LogP contribution in [-0.2, 0) is 19.7 Å². The Morgan fingerprint density at radius 3 is 2.42 bits per heavy atom. The van der Waals surface area contributed by atoms with Gasteiger partial charge < -0.3 is 9.47 Å². The standard InChI is InChI=1S/C11H22N2O5S/c1-8-5-6-9(7-17-8)12-19(15,16)13-10(14)18-11(2,3)4/h8-9,12H,5-7H2,1-4H3,(H,13,14)/t8-,9+/m0/s1. The molecule has 0 unspecified atom stereocenters. The molecule has 1 amide bonds. The molecule has 0 aliphatic carbocycles. The summed E-state index contributed by atoms with van der Waals surface area (Å²) in [4.78, 5) is 11.4. The highest BCUT2D eigenvalue weighted by Gasteiger charge is 2.26. The van der Waals surface area contributed by atoms with Crippen LogP contribution in [0.3, 0.4) is 0 Å². The first-order chi connectivity index (χ1) is 8.57. The van der Waals surface area contributed by atoms with Crippen LogP contribution in [0, 0.1) is 0 Å². The monoisotopic (exact) mass is 294 g/mol. The Labute approximate surface area is 114 Å². The number of amides is 1. The van der Waals surface area contributed by atoms with Gasteiger partial charge in [-0.15, -0.1) is 0 Å².